The van der Waals surface area contributed by atoms with Gasteiger partial charge in [-0.05, 0) is 67.8 Å². The summed E-state index contributed by atoms with van der Waals surface area (Å²) in [5.74, 6) is -1.65. The summed E-state index contributed by atoms with van der Waals surface area (Å²) in [5, 5.41) is 61.2. The van der Waals surface area contributed by atoms with E-state index in [9.17, 15) is 35.1 Å². The topological polar surface area (TPSA) is 180 Å². The first-order valence-electron chi connectivity index (χ1n) is 7.68. The lowest BCUT2D eigenvalue weighted by molar-refractivity contribution is -0.125. The van der Waals surface area contributed by atoms with Crippen LogP contribution in [-0.2, 0) is 11.4 Å². The molecule has 0 saturated carbocycles. The Kier molecular flexibility index (Phi) is 10.7. The van der Waals surface area contributed by atoms with Crippen molar-refractivity contribution < 1.29 is 40.2 Å². The van der Waals surface area contributed by atoms with Gasteiger partial charge in [-0.25, -0.2) is 0 Å². The van der Waals surface area contributed by atoms with Crippen LogP contribution in [0.1, 0.15) is 15.9 Å². The van der Waals surface area contributed by atoms with Crippen molar-refractivity contribution in [2.75, 3.05) is 31.7 Å². The lowest BCUT2D eigenvalue weighted by atomic mass is 10.0. The molecule has 0 aromatic heterocycles. The first kappa shape index (κ1) is 26.1. The van der Waals surface area contributed by atoms with E-state index in [0.717, 1.165) is 0 Å². The highest BCUT2D eigenvalue weighted by molar-refractivity contribution is 14.1. The molecule has 0 aliphatic heterocycles. The summed E-state index contributed by atoms with van der Waals surface area (Å²) in [6.45, 7) is -3.41. The SMILES string of the molecule is O=C(NC(CO)(CO)CO)c1c(I)c(CO)c(I)c(NC(=O)C(O)CO)c1I. The third-order valence-electron chi connectivity index (χ3n) is 3.80. The number of aliphatic hydroxyl groups is 6. The fraction of sp³-hybridized carbons (Fsp3) is 0.467. The molecule has 0 aliphatic carbocycles. The Hall–Kier alpha value is 0.110. The van der Waals surface area contributed by atoms with Crippen LogP contribution in [0.5, 0.6) is 0 Å². The molecule has 8 N–H and O–H groups in total. The molecule has 1 atom stereocenters. The smallest absolute Gasteiger partial charge is 0.255 e. The number of hydrogen-bond acceptors (Lipinski definition) is 8. The maximum absolute atomic E-state index is 12.8. The molecule has 158 valence electrons. The third-order valence-corrected chi connectivity index (χ3v) is 7.26. The minimum absolute atomic E-state index is 0.0409. The molecule has 0 heterocycles. The zero-order valence-electron chi connectivity index (χ0n) is 14.2. The Balaban J connectivity index is 3.52. The van der Waals surface area contributed by atoms with Crippen molar-refractivity contribution in [2.45, 2.75) is 18.2 Å². The van der Waals surface area contributed by atoms with Gasteiger partial charge in [0.25, 0.3) is 11.8 Å². The highest BCUT2D eigenvalue weighted by Gasteiger charge is 2.33. The molecule has 13 heteroatoms. The minimum atomic E-state index is -1.67. The van der Waals surface area contributed by atoms with Gasteiger partial charge in [0.2, 0.25) is 0 Å². The number of carbonyl (C=O) groups excluding carboxylic acids is 2. The van der Waals surface area contributed by atoms with E-state index in [1.807, 2.05) is 45.2 Å². The molecule has 0 radical (unpaired) electrons. The van der Waals surface area contributed by atoms with Gasteiger partial charge in [0.05, 0.1) is 47.9 Å². The number of rotatable bonds is 9. The number of nitrogens with one attached hydrogen (secondary N) is 2. The van der Waals surface area contributed by atoms with E-state index in [1.54, 1.807) is 22.6 Å². The summed E-state index contributed by atoms with van der Waals surface area (Å²) in [7, 11) is 0. The third kappa shape index (κ3) is 5.62. The minimum Gasteiger partial charge on any atom is -0.394 e. The number of amides is 2. The van der Waals surface area contributed by atoms with E-state index in [2.05, 4.69) is 10.6 Å². The zero-order chi connectivity index (χ0) is 21.6. The van der Waals surface area contributed by atoms with Gasteiger partial charge in [-0.3, -0.25) is 9.59 Å². The maximum atomic E-state index is 12.8. The van der Waals surface area contributed by atoms with E-state index in [1.165, 1.54) is 0 Å². The van der Waals surface area contributed by atoms with Gasteiger partial charge < -0.3 is 41.3 Å². The van der Waals surface area contributed by atoms with Crippen LogP contribution in [-0.4, -0.2) is 80.5 Å². The van der Waals surface area contributed by atoms with Gasteiger partial charge >= 0.3 is 0 Å². The molecule has 1 aromatic rings. The van der Waals surface area contributed by atoms with E-state index < -0.39 is 56.5 Å². The van der Waals surface area contributed by atoms with E-state index in [-0.39, 0.29) is 14.8 Å². The highest BCUT2D eigenvalue weighted by Crippen LogP contribution is 2.36. The largest absolute Gasteiger partial charge is 0.394 e. The van der Waals surface area contributed by atoms with E-state index in [0.29, 0.717) is 12.7 Å². The Labute approximate surface area is 201 Å². The molecule has 0 saturated heterocycles. The Morgan fingerprint density at radius 2 is 1.46 bits per heavy atom. The van der Waals surface area contributed by atoms with E-state index in [4.69, 9.17) is 5.11 Å². The van der Waals surface area contributed by atoms with Crippen LogP contribution in [0, 0.1) is 10.7 Å². The van der Waals surface area contributed by atoms with Crippen molar-refractivity contribution >= 4 is 85.3 Å². The van der Waals surface area contributed by atoms with Crippen LogP contribution in [0.2, 0.25) is 0 Å². The lowest BCUT2D eigenvalue weighted by Crippen LogP contribution is -2.57. The van der Waals surface area contributed by atoms with Crippen LogP contribution in [0.4, 0.5) is 5.69 Å². The number of hydrogen-bond donors (Lipinski definition) is 8. The van der Waals surface area contributed by atoms with Crippen LogP contribution < -0.4 is 10.6 Å². The van der Waals surface area contributed by atoms with E-state index >= 15 is 0 Å². The summed E-state index contributed by atoms with van der Waals surface area (Å²) < 4.78 is 1.07. The summed E-state index contributed by atoms with van der Waals surface area (Å²) in [5.41, 5.74) is -1.14. The standard InChI is InChI=1S/C15H19I3N2O8/c16-9-6(1-21)10(17)12(19-13(27)7(26)2-22)11(18)8(9)14(28)20-15(3-23,4-24)5-25/h7,21-26H,1-5H2,(H,19,27)(H,20,28). The fourth-order valence-corrected chi connectivity index (χ4v) is 6.29. The molecular weight excluding hydrogens is 717 g/mol. The molecule has 1 aromatic carbocycles. The average molecular weight is 736 g/mol. The predicted molar refractivity (Wildman–Crippen MR) is 124 cm³/mol. The Morgan fingerprint density at radius 3 is 1.89 bits per heavy atom. The lowest BCUT2D eigenvalue weighted by Gasteiger charge is -2.29. The number of aliphatic hydroxyl groups excluding tert-OH is 6. The molecule has 0 aliphatic rings. The summed E-state index contributed by atoms with van der Waals surface area (Å²) in [6, 6.07) is 0. The quantitative estimate of drug-likeness (QED) is 0.145. The average Bonchev–Trinajstić information content (AvgIpc) is 2.68. The van der Waals surface area contributed by atoms with Crippen molar-refractivity contribution in [3.05, 3.63) is 21.8 Å². The summed E-state index contributed by atoms with van der Waals surface area (Å²) in [4.78, 5) is 24.8. The predicted octanol–water partition coefficient (Wildman–Crippen LogP) is -1.27. The van der Waals surface area contributed by atoms with Crippen LogP contribution in [0.3, 0.4) is 0 Å². The number of benzene rings is 1. The Bertz CT molecular complexity index is 734. The molecular formula is C15H19I3N2O8. The molecule has 2 amide bonds. The van der Waals surface area contributed by atoms with Crippen molar-refractivity contribution in [1.82, 2.24) is 5.32 Å². The van der Waals surface area contributed by atoms with Crippen LogP contribution >= 0.6 is 67.8 Å². The summed E-state index contributed by atoms with van der Waals surface area (Å²) in [6.07, 6.45) is -1.67. The van der Waals surface area contributed by atoms with Crippen molar-refractivity contribution in [1.29, 1.82) is 0 Å². The molecule has 10 nitrogen and oxygen atoms in total. The van der Waals surface area contributed by atoms with Gasteiger partial charge in [-0.2, -0.15) is 0 Å². The molecule has 0 bridgehead atoms. The van der Waals surface area contributed by atoms with Crippen LogP contribution in [0.25, 0.3) is 0 Å². The first-order chi connectivity index (χ1) is 13.1. The number of anilines is 1. The van der Waals surface area contributed by atoms with Crippen molar-refractivity contribution in [3.8, 4) is 0 Å². The van der Waals surface area contributed by atoms with Gasteiger partial charge in [-0.15, -0.1) is 0 Å². The second-order valence-corrected chi connectivity index (χ2v) is 8.96. The fourth-order valence-electron chi connectivity index (χ4n) is 2.03. The first-order valence-corrected chi connectivity index (χ1v) is 10.9. The molecule has 0 fully saturated rings. The summed E-state index contributed by atoms with van der Waals surface area (Å²) >= 11 is 5.52. The van der Waals surface area contributed by atoms with Crippen molar-refractivity contribution in [2.24, 2.45) is 0 Å². The van der Waals surface area contributed by atoms with Crippen molar-refractivity contribution in [3.63, 3.8) is 0 Å². The second-order valence-electron chi connectivity index (χ2n) is 5.73. The van der Waals surface area contributed by atoms with Gasteiger partial charge in [0, 0.05) is 12.7 Å². The second kappa shape index (κ2) is 11.5. The molecule has 1 unspecified atom stereocenters. The number of carbonyl (C=O) groups is 2. The normalized spacial score (nSPS) is 12.6. The monoisotopic (exact) mass is 736 g/mol. The maximum Gasteiger partial charge on any atom is 0.255 e. The molecule has 0 spiro atoms. The number of halogens is 3. The van der Waals surface area contributed by atoms with Gasteiger partial charge in [0.15, 0.2) is 6.10 Å². The zero-order valence-corrected chi connectivity index (χ0v) is 20.7. The van der Waals surface area contributed by atoms with Crippen LogP contribution in [0.15, 0.2) is 0 Å². The van der Waals surface area contributed by atoms with Gasteiger partial charge in [0.1, 0.15) is 5.54 Å². The van der Waals surface area contributed by atoms with Gasteiger partial charge in [-0.1, -0.05) is 0 Å². The molecule has 28 heavy (non-hydrogen) atoms. The molecule has 1 rings (SSSR count). The highest BCUT2D eigenvalue weighted by atomic mass is 127. The Morgan fingerprint density at radius 1 is 0.929 bits per heavy atom.